The second-order valence-corrected chi connectivity index (χ2v) is 5.58. The van der Waals surface area contributed by atoms with E-state index in [0.717, 1.165) is 0 Å². The molecule has 1 fully saturated rings. The highest BCUT2D eigenvalue weighted by Gasteiger charge is 2.30. The molecule has 1 atom stereocenters. The van der Waals surface area contributed by atoms with Gasteiger partial charge in [0.15, 0.2) is 0 Å². The SMILES string of the molecule is CC(C1CC1)n1nccc1NC(=O)c1ccccc1Cl. The normalized spacial score (nSPS) is 15.9. The van der Waals surface area contributed by atoms with Crippen molar-refractivity contribution in [3.8, 4) is 0 Å². The van der Waals surface area contributed by atoms with E-state index in [1.807, 2.05) is 10.7 Å². The van der Waals surface area contributed by atoms with Gasteiger partial charge in [-0.05, 0) is 37.8 Å². The fourth-order valence-corrected chi connectivity index (χ4v) is 2.57. The molecule has 104 valence electrons. The molecule has 1 amide bonds. The van der Waals surface area contributed by atoms with Crippen LogP contribution in [0.15, 0.2) is 36.5 Å². The minimum absolute atomic E-state index is 0.208. The van der Waals surface area contributed by atoms with Gasteiger partial charge in [0.1, 0.15) is 5.82 Å². The van der Waals surface area contributed by atoms with Crippen molar-refractivity contribution in [1.82, 2.24) is 9.78 Å². The summed E-state index contributed by atoms with van der Waals surface area (Å²) in [4.78, 5) is 12.3. The average Bonchev–Trinajstić information content (AvgIpc) is 3.19. The van der Waals surface area contributed by atoms with Gasteiger partial charge in [-0.1, -0.05) is 23.7 Å². The first kappa shape index (κ1) is 13.2. The molecule has 4 nitrogen and oxygen atoms in total. The zero-order chi connectivity index (χ0) is 14.1. The number of aromatic nitrogens is 2. The number of benzene rings is 1. The lowest BCUT2D eigenvalue weighted by Gasteiger charge is -2.15. The molecule has 0 aliphatic heterocycles. The summed E-state index contributed by atoms with van der Waals surface area (Å²) in [6, 6.07) is 9.15. The summed E-state index contributed by atoms with van der Waals surface area (Å²) in [5.74, 6) is 1.18. The zero-order valence-electron chi connectivity index (χ0n) is 11.2. The van der Waals surface area contributed by atoms with Crippen LogP contribution in [-0.4, -0.2) is 15.7 Å². The first-order chi connectivity index (χ1) is 9.66. The number of rotatable bonds is 4. The molecule has 1 aliphatic carbocycles. The Morgan fingerprint density at radius 1 is 1.40 bits per heavy atom. The van der Waals surface area contributed by atoms with E-state index >= 15 is 0 Å². The predicted octanol–water partition coefficient (Wildman–Crippen LogP) is 3.76. The Morgan fingerprint density at radius 3 is 2.85 bits per heavy atom. The largest absolute Gasteiger partial charge is 0.307 e. The maximum Gasteiger partial charge on any atom is 0.258 e. The van der Waals surface area contributed by atoms with Gasteiger partial charge in [0.25, 0.3) is 5.91 Å². The van der Waals surface area contributed by atoms with Gasteiger partial charge in [0.2, 0.25) is 0 Å². The molecule has 5 heteroatoms. The highest BCUT2D eigenvalue weighted by Crippen LogP contribution is 2.40. The third-order valence-corrected chi connectivity index (χ3v) is 4.05. The second-order valence-electron chi connectivity index (χ2n) is 5.17. The van der Waals surface area contributed by atoms with Crippen molar-refractivity contribution in [2.75, 3.05) is 5.32 Å². The summed E-state index contributed by atoms with van der Waals surface area (Å²) in [6.45, 7) is 2.13. The Labute approximate surface area is 122 Å². The first-order valence-electron chi connectivity index (χ1n) is 6.76. The van der Waals surface area contributed by atoms with Gasteiger partial charge in [-0.3, -0.25) is 4.79 Å². The van der Waals surface area contributed by atoms with Crippen molar-refractivity contribution in [2.24, 2.45) is 5.92 Å². The van der Waals surface area contributed by atoms with Crippen LogP contribution in [0, 0.1) is 5.92 Å². The number of hydrogen-bond acceptors (Lipinski definition) is 2. The van der Waals surface area contributed by atoms with Gasteiger partial charge in [-0.2, -0.15) is 5.10 Å². The summed E-state index contributed by atoms with van der Waals surface area (Å²) >= 11 is 6.04. The third-order valence-electron chi connectivity index (χ3n) is 3.72. The number of amides is 1. The minimum Gasteiger partial charge on any atom is -0.307 e. The van der Waals surface area contributed by atoms with Crippen molar-refractivity contribution in [3.05, 3.63) is 47.1 Å². The Bertz CT molecular complexity index is 634. The topological polar surface area (TPSA) is 46.9 Å². The molecule has 1 aromatic heterocycles. The van der Waals surface area contributed by atoms with E-state index in [1.54, 1.807) is 30.5 Å². The van der Waals surface area contributed by atoms with Crippen LogP contribution >= 0.6 is 11.6 Å². The molecular weight excluding hydrogens is 274 g/mol. The zero-order valence-corrected chi connectivity index (χ0v) is 12.0. The third kappa shape index (κ3) is 2.56. The molecule has 1 saturated carbocycles. The van der Waals surface area contributed by atoms with Crippen LogP contribution in [0.1, 0.15) is 36.2 Å². The van der Waals surface area contributed by atoms with Crippen molar-refractivity contribution in [3.63, 3.8) is 0 Å². The Kier molecular flexibility index (Phi) is 3.49. The molecule has 3 rings (SSSR count). The number of anilines is 1. The summed E-state index contributed by atoms with van der Waals surface area (Å²) in [5, 5.41) is 7.65. The van der Waals surface area contributed by atoms with E-state index in [1.165, 1.54) is 12.8 Å². The van der Waals surface area contributed by atoms with Crippen LogP contribution in [0.4, 0.5) is 5.82 Å². The molecule has 1 aliphatic rings. The average molecular weight is 290 g/mol. The number of halogens is 1. The molecule has 1 heterocycles. The summed E-state index contributed by atoms with van der Waals surface area (Å²) < 4.78 is 1.88. The van der Waals surface area contributed by atoms with Gasteiger partial charge >= 0.3 is 0 Å². The molecule has 0 bridgehead atoms. The van der Waals surface area contributed by atoms with E-state index in [9.17, 15) is 4.79 Å². The number of nitrogens with one attached hydrogen (secondary N) is 1. The molecule has 1 unspecified atom stereocenters. The van der Waals surface area contributed by atoms with Crippen LogP contribution < -0.4 is 5.32 Å². The van der Waals surface area contributed by atoms with E-state index in [-0.39, 0.29) is 5.91 Å². The summed E-state index contributed by atoms with van der Waals surface area (Å²) in [7, 11) is 0. The highest BCUT2D eigenvalue weighted by atomic mass is 35.5. The lowest BCUT2D eigenvalue weighted by molar-refractivity contribution is 0.102. The van der Waals surface area contributed by atoms with Crippen molar-refractivity contribution >= 4 is 23.3 Å². The van der Waals surface area contributed by atoms with Gasteiger partial charge in [0, 0.05) is 6.07 Å². The lowest BCUT2D eigenvalue weighted by Crippen LogP contribution is -2.18. The molecule has 20 heavy (non-hydrogen) atoms. The van der Waals surface area contributed by atoms with Gasteiger partial charge < -0.3 is 5.32 Å². The van der Waals surface area contributed by atoms with Crippen LogP contribution in [0.25, 0.3) is 0 Å². The van der Waals surface area contributed by atoms with Crippen molar-refractivity contribution in [1.29, 1.82) is 0 Å². The number of carbonyl (C=O) groups is 1. The molecule has 2 aromatic rings. The smallest absolute Gasteiger partial charge is 0.258 e. The quantitative estimate of drug-likeness (QED) is 0.931. The van der Waals surface area contributed by atoms with Gasteiger partial charge in [-0.25, -0.2) is 4.68 Å². The highest BCUT2D eigenvalue weighted by molar-refractivity contribution is 6.34. The van der Waals surface area contributed by atoms with Gasteiger partial charge in [-0.15, -0.1) is 0 Å². The Morgan fingerprint density at radius 2 is 2.15 bits per heavy atom. The molecular formula is C15H16ClN3O. The van der Waals surface area contributed by atoms with E-state index in [2.05, 4.69) is 17.3 Å². The molecule has 1 N–H and O–H groups in total. The molecule has 0 radical (unpaired) electrons. The Balaban J connectivity index is 1.80. The number of nitrogens with zero attached hydrogens (tertiary/aromatic N) is 2. The van der Waals surface area contributed by atoms with Gasteiger partial charge in [0.05, 0.1) is 22.8 Å². The predicted molar refractivity (Wildman–Crippen MR) is 79.1 cm³/mol. The van der Waals surface area contributed by atoms with Crippen molar-refractivity contribution in [2.45, 2.75) is 25.8 Å². The molecule has 0 spiro atoms. The van der Waals surface area contributed by atoms with Crippen LogP contribution in [0.2, 0.25) is 5.02 Å². The van der Waals surface area contributed by atoms with E-state index in [0.29, 0.717) is 28.4 Å². The number of hydrogen-bond donors (Lipinski definition) is 1. The van der Waals surface area contributed by atoms with Crippen LogP contribution in [-0.2, 0) is 0 Å². The number of carbonyl (C=O) groups excluding carboxylic acids is 1. The maximum absolute atomic E-state index is 12.3. The minimum atomic E-state index is -0.208. The summed E-state index contributed by atoms with van der Waals surface area (Å²) in [6.07, 6.45) is 4.18. The van der Waals surface area contributed by atoms with E-state index < -0.39 is 0 Å². The monoisotopic (exact) mass is 289 g/mol. The summed E-state index contributed by atoms with van der Waals surface area (Å²) in [5.41, 5.74) is 0.473. The van der Waals surface area contributed by atoms with Crippen LogP contribution in [0.3, 0.4) is 0 Å². The second kappa shape index (κ2) is 5.29. The lowest BCUT2D eigenvalue weighted by atomic mass is 10.2. The van der Waals surface area contributed by atoms with E-state index in [4.69, 9.17) is 11.6 Å². The first-order valence-corrected chi connectivity index (χ1v) is 7.14. The van der Waals surface area contributed by atoms with Crippen molar-refractivity contribution < 1.29 is 4.79 Å². The Hall–Kier alpha value is -1.81. The standard InChI is InChI=1S/C15H16ClN3O/c1-10(11-6-7-11)19-14(8-9-17-19)18-15(20)12-4-2-3-5-13(12)16/h2-5,8-11H,6-7H2,1H3,(H,18,20). The maximum atomic E-state index is 12.3. The fourth-order valence-electron chi connectivity index (χ4n) is 2.35. The molecule has 1 aromatic carbocycles. The molecule has 0 saturated heterocycles. The fraction of sp³-hybridized carbons (Fsp3) is 0.333. The van der Waals surface area contributed by atoms with Crippen LogP contribution in [0.5, 0.6) is 0 Å².